The number of hydrogen-bond acceptors (Lipinski definition) is 3. The largest absolute Gasteiger partial charge is 0.497 e. The van der Waals surface area contributed by atoms with E-state index in [0.717, 1.165) is 12.8 Å². The Morgan fingerprint density at radius 3 is 2.52 bits per heavy atom. The Hall–Kier alpha value is -2.30. The molecular formula is C18H19NO4. The lowest BCUT2D eigenvalue weighted by molar-refractivity contribution is -0.146. The number of benzene rings is 1. The van der Waals surface area contributed by atoms with Gasteiger partial charge in [0.05, 0.1) is 18.9 Å². The minimum Gasteiger partial charge on any atom is -0.497 e. The summed E-state index contributed by atoms with van der Waals surface area (Å²) in [5, 5.41) is 12.5. The molecule has 0 radical (unpaired) electrons. The van der Waals surface area contributed by atoms with Crippen LogP contribution in [0, 0.1) is 29.1 Å². The van der Waals surface area contributed by atoms with Gasteiger partial charge in [-0.3, -0.25) is 9.59 Å². The highest BCUT2D eigenvalue weighted by Crippen LogP contribution is 2.72. The molecule has 1 spiro atoms. The van der Waals surface area contributed by atoms with Crippen LogP contribution >= 0.6 is 0 Å². The second kappa shape index (κ2) is 4.85. The summed E-state index contributed by atoms with van der Waals surface area (Å²) in [5.41, 5.74) is 0.675. The molecule has 2 bridgehead atoms. The lowest BCUT2D eigenvalue weighted by Gasteiger charge is -2.23. The Bertz CT molecular complexity index is 707. The maximum absolute atomic E-state index is 12.8. The second-order valence-electron chi connectivity index (χ2n) is 6.78. The van der Waals surface area contributed by atoms with Gasteiger partial charge in [0.25, 0.3) is 0 Å². The van der Waals surface area contributed by atoms with Crippen LogP contribution < -0.4 is 10.1 Å². The molecule has 5 nitrogen and oxygen atoms in total. The first-order chi connectivity index (χ1) is 11.1. The molecule has 0 aromatic heterocycles. The summed E-state index contributed by atoms with van der Waals surface area (Å²) in [5.74, 6) is -1.45. The summed E-state index contributed by atoms with van der Waals surface area (Å²) in [6.07, 6.45) is 6.14. The average Bonchev–Trinajstić information content (AvgIpc) is 3.20. The van der Waals surface area contributed by atoms with Gasteiger partial charge in [0.15, 0.2) is 0 Å². The third kappa shape index (κ3) is 1.99. The molecule has 23 heavy (non-hydrogen) atoms. The van der Waals surface area contributed by atoms with E-state index < -0.39 is 17.8 Å². The van der Waals surface area contributed by atoms with Gasteiger partial charge in [-0.1, -0.05) is 18.2 Å². The van der Waals surface area contributed by atoms with E-state index in [0.29, 0.717) is 11.4 Å². The zero-order valence-electron chi connectivity index (χ0n) is 12.9. The highest BCUT2D eigenvalue weighted by Gasteiger charge is 2.70. The standard InChI is InChI=1S/C18H19NO4/c1-23-11-4-2-3-10(9-11)19-16(20)14-12-5-6-13(15(14)17(21)22)18(12)7-8-18/h2-6,9,12-15H,7-8H2,1H3,(H,19,20)(H,21,22)/t12-,13-,14-,15-/m0/s1. The SMILES string of the molecule is COc1cccc(NC(=O)[C@@H]2[C@@H](C(=O)O)[C@@H]3C=C[C@@H]2C32CC2)c1. The molecular weight excluding hydrogens is 294 g/mol. The molecule has 0 saturated heterocycles. The van der Waals surface area contributed by atoms with Crippen LogP contribution in [0.5, 0.6) is 5.75 Å². The first-order valence-electron chi connectivity index (χ1n) is 7.93. The zero-order chi connectivity index (χ0) is 16.2. The van der Waals surface area contributed by atoms with E-state index in [9.17, 15) is 14.7 Å². The molecule has 2 N–H and O–H groups in total. The number of amides is 1. The van der Waals surface area contributed by atoms with Crippen molar-refractivity contribution < 1.29 is 19.4 Å². The molecule has 2 fully saturated rings. The third-order valence-electron chi connectivity index (χ3n) is 5.77. The van der Waals surface area contributed by atoms with Crippen LogP contribution in [0.3, 0.4) is 0 Å². The molecule has 1 amide bonds. The van der Waals surface area contributed by atoms with Crippen molar-refractivity contribution in [1.82, 2.24) is 0 Å². The molecule has 0 unspecified atom stereocenters. The molecule has 3 aliphatic carbocycles. The van der Waals surface area contributed by atoms with E-state index in [4.69, 9.17) is 4.74 Å². The Morgan fingerprint density at radius 2 is 1.91 bits per heavy atom. The normalized spacial score (nSPS) is 32.0. The number of hydrogen-bond donors (Lipinski definition) is 2. The van der Waals surface area contributed by atoms with Gasteiger partial charge < -0.3 is 15.2 Å². The number of carboxylic acids is 1. The van der Waals surface area contributed by atoms with E-state index in [-0.39, 0.29) is 23.2 Å². The molecule has 1 aromatic rings. The number of anilines is 1. The van der Waals surface area contributed by atoms with E-state index in [2.05, 4.69) is 11.4 Å². The predicted molar refractivity (Wildman–Crippen MR) is 84.0 cm³/mol. The fourth-order valence-corrected chi connectivity index (χ4v) is 4.62. The fraction of sp³-hybridized carbons (Fsp3) is 0.444. The van der Waals surface area contributed by atoms with Gasteiger partial charge >= 0.3 is 5.97 Å². The van der Waals surface area contributed by atoms with Crippen molar-refractivity contribution in [2.75, 3.05) is 12.4 Å². The minimum atomic E-state index is -0.862. The molecule has 0 heterocycles. The van der Waals surface area contributed by atoms with Crippen LogP contribution in [-0.2, 0) is 9.59 Å². The van der Waals surface area contributed by atoms with Gasteiger partial charge in [0, 0.05) is 11.8 Å². The molecule has 5 heteroatoms. The minimum absolute atomic E-state index is 0.00561. The van der Waals surface area contributed by atoms with Crippen molar-refractivity contribution in [3.05, 3.63) is 36.4 Å². The first kappa shape index (κ1) is 14.3. The van der Waals surface area contributed by atoms with Gasteiger partial charge in [-0.05, 0) is 42.2 Å². The fourth-order valence-electron chi connectivity index (χ4n) is 4.62. The zero-order valence-corrected chi connectivity index (χ0v) is 12.9. The summed E-state index contributed by atoms with van der Waals surface area (Å²) in [7, 11) is 1.57. The summed E-state index contributed by atoms with van der Waals surface area (Å²) >= 11 is 0. The summed E-state index contributed by atoms with van der Waals surface area (Å²) in [6.45, 7) is 0. The van der Waals surface area contributed by atoms with E-state index >= 15 is 0 Å². The predicted octanol–water partition coefficient (Wildman–Crippen LogP) is 2.55. The number of carbonyl (C=O) groups is 2. The quantitative estimate of drug-likeness (QED) is 0.838. The first-order valence-corrected chi connectivity index (χ1v) is 7.93. The number of methoxy groups -OCH3 is 1. The smallest absolute Gasteiger partial charge is 0.307 e. The molecule has 4 atom stereocenters. The van der Waals surface area contributed by atoms with Crippen LogP contribution in [0.1, 0.15) is 12.8 Å². The summed E-state index contributed by atoms with van der Waals surface area (Å²) in [4.78, 5) is 24.5. The van der Waals surface area contributed by atoms with Gasteiger partial charge in [-0.25, -0.2) is 0 Å². The molecule has 120 valence electrons. The van der Waals surface area contributed by atoms with Crippen LogP contribution in [0.2, 0.25) is 0 Å². The number of nitrogens with one attached hydrogen (secondary N) is 1. The highest BCUT2D eigenvalue weighted by molar-refractivity contribution is 5.96. The Labute approximate surface area is 134 Å². The van der Waals surface area contributed by atoms with Crippen LogP contribution in [0.25, 0.3) is 0 Å². The van der Waals surface area contributed by atoms with Gasteiger partial charge in [-0.15, -0.1) is 0 Å². The molecule has 4 rings (SSSR count). The van der Waals surface area contributed by atoms with Crippen molar-refractivity contribution in [2.45, 2.75) is 12.8 Å². The van der Waals surface area contributed by atoms with Crippen molar-refractivity contribution in [2.24, 2.45) is 29.1 Å². The van der Waals surface area contributed by atoms with Crippen LogP contribution in [0.4, 0.5) is 5.69 Å². The Kier molecular flexibility index (Phi) is 3.01. The number of carboxylic acid groups (broad SMARTS) is 1. The summed E-state index contributed by atoms with van der Waals surface area (Å²) in [6, 6.07) is 7.12. The van der Waals surface area contributed by atoms with Crippen molar-refractivity contribution in [1.29, 1.82) is 0 Å². The number of carbonyl (C=O) groups excluding carboxylic acids is 1. The lowest BCUT2D eigenvalue weighted by atomic mass is 9.82. The monoisotopic (exact) mass is 313 g/mol. The van der Waals surface area contributed by atoms with Crippen molar-refractivity contribution in [3.63, 3.8) is 0 Å². The van der Waals surface area contributed by atoms with Crippen LogP contribution in [-0.4, -0.2) is 24.1 Å². The van der Waals surface area contributed by atoms with Gasteiger partial charge in [0.1, 0.15) is 5.75 Å². The average molecular weight is 313 g/mol. The Balaban J connectivity index is 1.60. The van der Waals surface area contributed by atoms with Gasteiger partial charge in [-0.2, -0.15) is 0 Å². The van der Waals surface area contributed by atoms with E-state index in [1.807, 2.05) is 6.08 Å². The topological polar surface area (TPSA) is 75.6 Å². The molecule has 1 aromatic carbocycles. The Morgan fingerprint density at radius 1 is 1.22 bits per heavy atom. The second-order valence-corrected chi connectivity index (χ2v) is 6.78. The molecule has 2 saturated carbocycles. The number of allylic oxidation sites excluding steroid dienone is 2. The number of aliphatic carboxylic acids is 1. The highest BCUT2D eigenvalue weighted by atomic mass is 16.5. The molecule has 3 aliphatic rings. The van der Waals surface area contributed by atoms with Crippen LogP contribution in [0.15, 0.2) is 36.4 Å². The third-order valence-corrected chi connectivity index (χ3v) is 5.77. The van der Waals surface area contributed by atoms with E-state index in [1.54, 1.807) is 31.4 Å². The maximum Gasteiger partial charge on any atom is 0.307 e. The summed E-state index contributed by atoms with van der Waals surface area (Å²) < 4.78 is 5.16. The number of ether oxygens (including phenoxy) is 1. The molecule has 0 aliphatic heterocycles. The maximum atomic E-state index is 12.8. The van der Waals surface area contributed by atoms with Gasteiger partial charge in [0.2, 0.25) is 5.91 Å². The van der Waals surface area contributed by atoms with Crippen molar-refractivity contribution in [3.8, 4) is 5.75 Å². The number of rotatable bonds is 4. The van der Waals surface area contributed by atoms with E-state index in [1.165, 1.54) is 0 Å². The lowest BCUT2D eigenvalue weighted by Crippen LogP contribution is -2.36. The van der Waals surface area contributed by atoms with Crippen molar-refractivity contribution >= 4 is 17.6 Å².